The van der Waals surface area contributed by atoms with Crippen molar-refractivity contribution >= 4 is 13.8 Å². The van der Waals surface area contributed by atoms with Crippen LogP contribution < -0.4 is 5.73 Å². The van der Waals surface area contributed by atoms with Crippen LogP contribution in [0.2, 0.25) is 0 Å². The van der Waals surface area contributed by atoms with Gasteiger partial charge in [-0.25, -0.2) is 4.57 Å². The Kier molecular flexibility index (Phi) is 42.8. The maximum atomic E-state index is 12.6. The average molecular weight is 798 g/mol. The van der Waals surface area contributed by atoms with Crippen molar-refractivity contribution in [2.75, 3.05) is 33.0 Å². The maximum Gasteiger partial charge on any atom is 0.472 e. The van der Waals surface area contributed by atoms with Gasteiger partial charge in [0.25, 0.3) is 0 Å². The molecule has 0 aliphatic rings. The van der Waals surface area contributed by atoms with Crippen LogP contribution in [0.4, 0.5) is 0 Å². The normalized spacial score (nSPS) is 13.7. The minimum Gasteiger partial charge on any atom is -0.457 e. The number of carbonyl (C=O) groups is 1. The van der Waals surface area contributed by atoms with Crippen LogP contribution in [0, 0.1) is 0 Å². The van der Waals surface area contributed by atoms with E-state index < -0.39 is 13.9 Å². The van der Waals surface area contributed by atoms with Crippen molar-refractivity contribution in [1.29, 1.82) is 0 Å². The highest BCUT2D eigenvalue weighted by Crippen LogP contribution is 2.43. The van der Waals surface area contributed by atoms with Gasteiger partial charge in [-0.05, 0) is 44.9 Å². The Morgan fingerprint density at radius 1 is 0.564 bits per heavy atom. The minimum atomic E-state index is -4.28. The molecule has 0 saturated heterocycles. The third kappa shape index (κ3) is 43.7. The van der Waals surface area contributed by atoms with Crippen LogP contribution in [0.25, 0.3) is 0 Å². The molecule has 0 aliphatic heterocycles. The van der Waals surface area contributed by atoms with Crippen molar-refractivity contribution in [1.82, 2.24) is 0 Å². The topological polar surface area (TPSA) is 117 Å². The molecule has 324 valence electrons. The van der Waals surface area contributed by atoms with Gasteiger partial charge in [0.05, 0.1) is 19.8 Å². The van der Waals surface area contributed by atoms with Crippen LogP contribution >= 0.6 is 7.82 Å². The lowest BCUT2D eigenvalue weighted by Crippen LogP contribution is -2.28. The summed E-state index contributed by atoms with van der Waals surface area (Å²) >= 11 is 0. The number of esters is 1. The Hall–Kier alpha value is -1.28. The van der Waals surface area contributed by atoms with E-state index in [4.69, 9.17) is 24.3 Å². The van der Waals surface area contributed by atoms with Crippen LogP contribution in [-0.2, 0) is 27.9 Å². The van der Waals surface area contributed by atoms with E-state index in [1.165, 1.54) is 122 Å². The highest BCUT2D eigenvalue weighted by Gasteiger charge is 2.25. The van der Waals surface area contributed by atoms with Crippen molar-refractivity contribution in [3.8, 4) is 0 Å². The number of phosphoric ester groups is 1. The fourth-order valence-corrected chi connectivity index (χ4v) is 7.25. The molecule has 0 spiro atoms. The standard InChI is InChI=1S/C46H88NO7P/c1-3-5-7-9-11-13-15-17-19-20-21-22-23-24-25-26-27-29-31-33-35-37-39-46(48)54-45(44-53-55(49,50)52-42-40-47)43-51-41-38-36-34-32-30-28-18-16-14-12-10-8-6-4-2/h6,8,12,14,18,28,45H,3-5,7,9-11,13,15-17,19-27,29-44,47H2,1-2H3,(H,49,50)/b8-6-,14-12-,28-18-. The molecule has 0 bridgehead atoms. The summed E-state index contributed by atoms with van der Waals surface area (Å²) in [4.78, 5) is 22.5. The van der Waals surface area contributed by atoms with E-state index >= 15 is 0 Å². The number of hydrogen-bond donors (Lipinski definition) is 2. The molecule has 0 fully saturated rings. The molecule has 2 unspecified atom stereocenters. The van der Waals surface area contributed by atoms with E-state index in [-0.39, 0.29) is 32.3 Å². The smallest absolute Gasteiger partial charge is 0.457 e. The number of ether oxygens (including phenoxy) is 2. The Labute approximate surface area is 339 Å². The predicted octanol–water partition coefficient (Wildman–Crippen LogP) is 13.8. The molecule has 55 heavy (non-hydrogen) atoms. The fourth-order valence-electron chi connectivity index (χ4n) is 6.48. The first kappa shape index (κ1) is 53.7. The number of phosphoric acid groups is 1. The van der Waals surface area contributed by atoms with Gasteiger partial charge in [0.2, 0.25) is 0 Å². The summed E-state index contributed by atoms with van der Waals surface area (Å²) in [7, 11) is -4.28. The Morgan fingerprint density at radius 3 is 1.53 bits per heavy atom. The molecule has 9 heteroatoms. The first-order chi connectivity index (χ1) is 26.9. The lowest BCUT2D eigenvalue weighted by molar-refractivity contribution is -0.154. The fraction of sp³-hybridized carbons (Fsp3) is 0.848. The van der Waals surface area contributed by atoms with Crippen molar-refractivity contribution in [3.05, 3.63) is 36.5 Å². The van der Waals surface area contributed by atoms with E-state index in [1.807, 2.05) is 0 Å². The van der Waals surface area contributed by atoms with E-state index in [0.717, 1.165) is 70.6 Å². The molecule has 0 heterocycles. The summed E-state index contributed by atoms with van der Waals surface area (Å²) < 4.78 is 33.4. The number of allylic oxidation sites excluding steroid dienone is 6. The quantitative estimate of drug-likeness (QED) is 0.0271. The molecule has 0 aromatic rings. The number of unbranched alkanes of at least 4 members (excludes halogenated alkanes) is 25. The van der Waals surface area contributed by atoms with Gasteiger partial charge in [-0.15, -0.1) is 0 Å². The zero-order chi connectivity index (χ0) is 40.2. The highest BCUT2D eigenvalue weighted by molar-refractivity contribution is 7.47. The van der Waals surface area contributed by atoms with Gasteiger partial charge in [-0.1, -0.05) is 198 Å². The summed E-state index contributed by atoms with van der Waals surface area (Å²) in [5.74, 6) is -0.335. The van der Waals surface area contributed by atoms with Crippen LogP contribution in [0.15, 0.2) is 36.5 Å². The SMILES string of the molecule is CC/C=C\C/C=C\C/C=C\CCCCCCOCC(COP(=O)(O)OCCN)OC(=O)CCCCCCCCCCCCCCCCCCCCCCCC. The second kappa shape index (κ2) is 43.8. The zero-order valence-corrected chi connectivity index (χ0v) is 36.8. The number of carbonyl (C=O) groups excluding carboxylic acids is 1. The number of hydrogen-bond acceptors (Lipinski definition) is 7. The van der Waals surface area contributed by atoms with Crippen molar-refractivity contribution < 1.29 is 32.8 Å². The summed E-state index contributed by atoms with van der Waals surface area (Å²) in [5.41, 5.74) is 5.37. The minimum absolute atomic E-state index is 0.0970. The van der Waals surface area contributed by atoms with Crippen molar-refractivity contribution in [2.24, 2.45) is 5.73 Å². The molecule has 0 aromatic carbocycles. The van der Waals surface area contributed by atoms with Crippen LogP contribution in [-0.4, -0.2) is 49.9 Å². The van der Waals surface area contributed by atoms with E-state index in [2.05, 4.69) is 50.3 Å². The van der Waals surface area contributed by atoms with Gasteiger partial charge in [0, 0.05) is 19.6 Å². The lowest BCUT2D eigenvalue weighted by atomic mass is 10.0. The number of nitrogens with two attached hydrogens (primary N) is 1. The van der Waals surface area contributed by atoms with Crippen LogP contribution in [0.3, 0.4) is 0 Å². The predicted molar refractivity (Wildman–Crippen MR) is 233 cm³/mol. The molecular weight excluding hydrogens is 709 g/mol. The molecule has 0 rings (SSSR count). The Balaban J connectivity index is 3.95. The molecule has 8 nitrogen and oxygen atoms in total. The first-order valence-electron chi connectivity index (χ1n) is 23.0. The molecule has 2 atom stereocenters. The first-order valence-corrected chi connectivity index (χ1v) is 24.5. The summed E-state index contributed by atoms with van der Waals surface area (Å²) in [6, 6.07) is 0. The van der Waals surface area contributed by atoms with E-state index in [1.54, 1.807) is 0 Å². The molecule has 0 aromatic heterocycles. The second-order valence-corrected chi connectivity index (χ2v) is 16.7. The second-order valence-electron chi connectivity index (χ2n) is 15.2. The van der Waals surface area contributed by atoms with Gasteiger partial charge >= 0.3 is 13.8 Å². The maximum absolute atomic E-state index is 12.6. The third-order valence-electron chi connectivity index (χ3n) is 9.82. The van der Waals surface area contributed by atoms with Gasteiger partial charge in [0.1, 0.15) is 6.10 Å². The molecule has 0 amide bonds. The van der Waals surface area contributed by atoms with Gasteiger partial charge in [-0.3, -0.25) is 13.8 Å². The van der Waals surface area contributed by atoms with Crippen molar-refractivity contribution in [3.63, 3.8) is 0 Å². The summed E-state index contributed by atoms with van der Waals surface area (Å²) in [5, 5.41) is 0. The molecule has 0 saturated carbocycles. The molecule has 0 radical (unpaired) electrons. The van der Waals surface area contributed by atoms with E-state index in [0.29, 0.717) is 13.0 Å². The molecule has 0 aliphatic carbocycles. The summed E-state index contributed by atoms with van der Waals surface area (Å²) in [6.07, 6.45) is 50.3. The zero-order valence-electron chi connectivity index (χ0n) is 35.9. The Bertz CT molecular complexity index is 941. The Morgan fingerprint density at radius 2 is 1.02 bits per heavy atom. The average Bonchev–Trinajstić information content (AvgIpc) is 3.17. The van der Waals surface area contributed by atoms with Gasteiger partial charge < -0.3 is 20.1 Å². The highest BCUT2D eigenvalue weighted by atomic mass is 31.2. The summed E-state index contributed by atoms with van der Waals surface area (Å²) in [6.45, 7) is 4.78. The third-order valence-corrected chi connectivity index (χ3v) is 10.8. The van der Waals surface area contributed by atoms with Gasteiger partial charge in [0.15, 0.2) is 0 Å². The lowest BCUT2D eigenvalue weighted by Gasteiger charge is -2.20. The monoisotopic (exact) mass is 798 g/mol. The number of rotatable bonds is 44. The van der Waals surface area contributed by atoms with Gasteiger partial charge in [-0.2, -0.15) is 0 Å². The molecule has 3 N–H and O–H groups in total. The van der Waals surface area contributed by atoms with Crippen LogP contribution in [0.5, 0.6) is 0 Å². The largest absolute Gasteiger partial charge is 0.472 e. The van der Waals surface area contributed by atoms with E-state index in [9.17, 15) is 14.3 Å². The van der Waals surface area contributed by atoms with Crippen LogP contribution in [0.1, 0.15) is 213 Å². The molecular formula is C46H88NO7P. The van der Waals surface area contributed by atoms with Crippen molar-refractivity contribution in [2.45, 2.75) is 219 Å².